The number of rotatable bonds is 3. The van der Waals surface area contributed by atoms with E-state index in [1.54, 1.807) is 0 Å². The lowest BCUT2D eigenvalue weighted by Gasteiger charge is -2.37. The van der Waals surface area contributed by atoms with Crippen molar-refractivity contribution in [1.29, 1.82) is 0 Å². The second kappa shape index (κ2) is 4.98. The highest BCUT2D eigenvalue weighted by Gasteiger charge is 2.34. The average Bonchev–Trinajstić information content (AvgIpc) is 1.99. The van der Waals surface area contributed by atoms with Crippen LogP contribution in [0.3, 0.4) is 0 Å². The molecule has 1 heteroatoms. The molecule has 88 valence electrons. The topological polar surface area (TPSA) is 20.2 Å². The van der Waals surface area contributed by atoms with Crippen molar-refractivity contribution in [2.24, 2.45) is 11.3 Å². The van der Waals surface area contributed by atoms with Gasteiger partial charge in [0, 0.05) is 5.92 Å². The van der Waals surface area contributed by atoms with Gasteiger partial charge in [-0.25, -0.2) is 0 Å². The van der Waals surface area contributed by atoms with Crippen molar-refractivity contribution in [2.75, 3.05) is 0 Å². The van der Waals surface area contributed by atoms with Gasteiger partial charge in [0.1, 0.15) is 0 Å². The van der Waals surface area contributed by atoms with Gasteiger partial charge in [-0.1, -0.05) is 44.6 Å². The summed E-state index contributed by atoms with van der Waals surface area (Å²) < 4.78 is 0. The molecular weight excluding hydrogens is 184 g/mol. The van der Waals surface area contributed by atoms with E-state index in [0.717, 1.165) is 0 Å². The van der Waals surface area contributed by atoms with Crippen molar-refractivity contribution in [1.82, 2.24) is 0 Å². The normalized spacial score (nSPS) is 17.2. The van der Waals surface area contributed by atoms with E-state index in [4.69, 9.17) is 0 Å². The van der Waals surface area contributed by atoms with Gasteiger partial charge in [0.2, 0.25) is 0 Å². The second-order valence-electron chi connectivity index (χ2n) is 5.89. The summed E-state index contributed by atoms with van der Waals surface area (Å²) in [6.07, 6.45) is 6.28. The molecule has 1 atom stereocenters. The van der Waals surface area contributed by atoms with Crippen LogP contribution in [-0.4, -0.2) is 10.7 Å². The first kappa shape index (κ1) is 14.4. The second-order valence-corrected chi connectivity index (χ2v) is 5.89. The highest BCUT2D eigenvalue weighted by Crippen LogP contribution is 2.35. The quantitative estimate of drug-likeness (QED) is 0.699. The molecule has 0 aromatic heterocycles. The zero-order valence-electron chi connectivity index (χ0n) is 11.3. The van der Waals surface area contributed by atoms with E-state index in [1.807, 2.05) is 20.8 Å². The van der Waals surface area contributed by atoms with Gasteiger partial charge in [-0.2, -0.15) is 0 Å². The molecule has 15 heavy (non-hydrogen) atoms. The fourth-order valence-electron chi connectivity index (χ4n) is 1.93. The third-order valence-corrected chi connectivity index (χ3v) is 2.70. The lowest BCUT2D eigenvalue weighted by Crippen LogP contribution is -2.38. The Morgan fingerprint density at radius 2 is 1.60 bits per heavy atom. The Morgan fingerprint density at radius 1 is 1.13 bits per heavy atom. The number of aliphatic hydroxyl groups is 1. The Bertz CT molecular complexity index is 231. The van der Waals surface area contributed by atoms with Gasteiger partial charge in [0.25, 0.3) is 0 Å². The van der Waals surface area contributed by atoms with Gasteiger partial charge in [-0.3, -0.25) is 0 Å². The smallest absolute Gasteiger partial charge is 0.0659 e. The minimum absolute atomic E-state index is 0.0722. The molecule has 0 saturated carbocycles. The van der Waals surface area contributed by atoms with E-state index in [-0.39, 0.29) is 11.3 Å². The first-order valence-corrected chi connectivity index (χ1v) is 5.62. The van der Waals surface area contributed by atoms with Crippen LogP contribution in [0, 0.1) is 11.3 Å². The SMILES string of the molecule is C/C=C(C)\C=C\C(C(C)(C)C)C(C)(C)O. The molecule has 0 radical (unpaired) electrons. The summed E-state index contributed by atoms with van der Waals surface area (Å²) in [7, 11) is 0. The molecule has 0 aromatic carbocycles. The Hall–Kier alpha value is -0.560. The maximum Gasteiger partial charge on any atom is 0.0659 e. The van der Waals surface area contributed by atoms with E-state index >= 15 is 0 Å². The van der Waals surface area contributed by atoms with Gasteiger partial charge < -0.3 is 5.11 Å². The van der Waals surface area contributed by atoms with E-state index in [1.165, 1.54) is 5.57 Å². The summed E-state index contributed by atoms with van der Waals surface area (Å²) in [5, 5.41) is 10.1. The van der Waals surface area contributed by atoms with Crippen molar-refractivity contribution < 1.29 is 5.11 Å². The minimum Gasteiger partial charge on any atom is -0.390 e. The molecule has 0 heterocycles. The molecular formula is C14H26O. The zero-order valence-corrected chi connectivity index (χ0v) is 11.3. The molecule has 0 rings (SSSR count). The summed E-state index contributed by atoms with van der Waals surface area (Å²) in [6, 6.07) is 0. The monoisotopic (exact) mass is 210 g/mol. The molecule has 1 N–H and O–H groups in total. The van der Waals surface area contributed by atoms with Crippen molar-refractivity contribution in [2.45, 2.75) is 54.1 Å². The molecule has 0 fully saturated rings. The fourth-order valence-corrected chi connectivity index (χ4v) is 1.93. The van der Waals surface area contributed by atoms with E-state index in [9.17, 15) is 5.11 Å². The fraction of sp³-hybridized carbons (Fsp3) is 0.714. The van der Waals surface area contributed by atoms with Crippen LogP contribution >= 0.6 is 0 Å². The maximum atomic E-state index is 10.1. The van der Waals surface area contributed by atoms with Crippen LogP contribution in [0.4, 0.5) is 0 Å². The Kier molecular flexibility index (Phi) is 4.79. The van der Waals surface area contributed by atoms with Crippen molar-refractivity contribution >= 4 is 0 Å². The van der Waals surface area contributed by atoms with Crippen LogP contribution in [0.25, 0.3) is 0 Å². The van der Waals surface area contributed by atoms with E-state index in [2.05, 4.69) is 45.9 Å². The number of hydrogen-bond acceptors (Lipinski definition) is 1. The number of allylic oxidation sites excluding steroid dienone is 3. The first-order chi connectivity index (χ1) is 6.59. The molecule has 0 spiro atoms. The lowest BCUT2D eigenvalue weighted by atomic mass is 9.72. The van der Waals surface area contributed by atoms with Crippen LogP contribution in [0.15, 0.2) is 23.8 Å². The largest absolute Gasteiger partial charge is 0.390 e. The Morgan fingerprint density at radius 3 is 1.87 bits per heavy atom. The molecule has 0 saturated heterocycles. The summed E-state index contributed by atoms with van der Waals surface area (Å²) in [5.41, 5.74) is 0.624. The van der Waals surface area contributed by atoms with Crippen LogP contribution in [-0.2, 0) is 0 Å². The molecule has 0 aromatic rings. The van der Waals surface area contributed by atoms with E-state index in [0.29, 0.717) is 0 Å². The Labute approximate surface area is 94.9 Å². The van der Waals surface area contributed by atoms with Crippen LogP contribution in [0.2, 0.25) is 0 Å². The average molecular weight is 210 g/mol. The maximum absolute atomic E-state index is 10.1. The molecule has 1 unspecified atom stereocenters. The van der Waals surface area contributed by atoms with Gasteiger partial charge in [0.05, 0.1) is 5.60 Å². The summed E-state index contributed by atoms with van der Waals surface area (Å²) in [5.74, 6) is 0.153. The van der Waals surface area contributed by atoms with Crippen LogP contribution in [0.1, 0.15) is 48.5 Å². The highest BCUT2D eigenvalue weighted by atomic mass is 16.3. The standard InChI is InChI=1S/C14H26O/c1-8-11(2)9-10-12(13(3,4)5)14(6,7)15/h8-10,12,15H,1-7H3/b10-9+,11-8-. The Balaban J connectivity index is 4.93. The summed E-state index contributed by atoms with van der Waals surface area (Å²) in [4.78, 5) is 0. The van der Waals surface area contributed by atoms with Gasteiger partial charge >= 0.3 is 0 Å². The number of hydrogen-bond donors (Lipinski definition) is 1. The minimum atomic E-state index is -0.678. The molecule has 0 amide bonds. The first-order valence-electron chi connectivity index (χ1n) is 5.62. The molecule has 1 nitrogen and oxygen atoms in total. The van der Waals surface area contributed by atoms with Crippen molar-refractivity contribution in [3.63, 3.8) is 0 Å². The molecule has 0 bridgehead atoms. The predicted molar refractivity (Wildman–Crippen MR) is 67.8 cm³/mol. The summed E-state index contributed by atoms with van der Waals surface area (Å²) in [6.45, 7) is 14.3. The molecule has 0 aliphatic heterocycles. The van der Waals surface area contributed by atoms with Crippen LogP contribution < -0.4 is 0 Å². The van der Waals surface area contributed by atoms with Gasteiger partial charge in [0.15, 0.2) is 0 Å². The van der Waals surface area contributed by atoms with Crippen molar-refractivity contribution in [3.8, 4) is 0 Å². The van der Waals surface area contributed by atoms with Gasteiger partial charge in [-0.05, 0) is 33.1 Å². The van der Waals surface area contributed by atoms with E-state index < -0.39 is 5.60 Å². The molecule has 0 aliphatic rings. The third-order valence-electron chi connectivity index (χ3n) is 2.70. The van der Waals surface area contributed by atoms with Crippen molar-refractivity contribution in [3.05, 3.63) is 23.8 Å². The highest BCUT2D eigenvalue weighted by molar-refractivity contribution is 5.17. The molecule has 0 aliphatic carbocycles. The summed E-state index contributed by atoms with van der Waals surface area (Å²) >= 11 is 0. The third kappa shape index (κ3) is 5.17. The zero-order chi connectivity index (χ0) is 12.3. The van der Waals surface area contributed by atoms with Crippen LogP contribution in [0.5, 0.6) is 0 Å². The predicted octanol–water partition coefficient (Wildman–Crippen LogP) is 3.94. The van der Waals surface area contributed by atoms with Gasteiger partial charge in [-0.15, -0.1) is 0 Å². The lowest BCUT2D eigenvalue weighted by molar-refractivity contribution is -0.00768.